The molecule has 1 aromatic carbocycles. The molecule has 7 nitrogen and oxygen atoms in total. The number of aromatic nitrogens is 4. The quantitative estimate of drug-likeness (QED) is 0.733. The normalized spacial score (nSPS) is 13.7. The predicted octanol–water partition coefficient (Wildman–Crippen LogP) is 1.46. The van der Waals surface area contributed by atoms with Crippen molar-refractivity contribution in [3.05, 3.63) is 60.2 Å². The van der Waals surface area contributed by atoms with Crippen LogP contribution >= 0.6 is 0 Å². The highest BCUT2D eigenvalue weighted by atomic mass is 16.6. The molecule has 0 fully saturated rings. The molecule has 0 aliphatic heterocycles. The molecule has 0 saturated carbocycles. The number of hydrogen-bond donors (Lipinski definition) is 1. The highest BCUT2D eigenvalue weighted by Gasteiger charge is 2.23. The first-order chi connectivity index (χ1) is 10.7. The van der Waals surface area contributed by atoms with Gasteiger partial charge in [0.25, 0.3) is 5.78 Å². The summed E-state index contributed by atoms with van der Waals surface area (Å²) in [5.74, 6) is -0.298. The van der Waals surface area contributed by atoms with Crippen molar-refractivity contribution in [2.45, 2.75) is 19.1 Å². The summed E-state index contributed by atoms with van der Waals surface area (Å²) in [6, 6.07) is 10.3. The number of hydrogen-bond acceptors (Lipinski definition) is 6. The largest absolute Gasteiger partial charge is 0.454 e. The lowest BCUT2D eigenvalue weighted by Gasteiger charge is -2.17. The van der Waals surface area contributed by atoms with Gasteiger partial charge in [-0.25, -0.2) is 9.78 Å². The van der Waals surface area contributed by atoms with Gasteiger partial charge in [0, 0.05) is 6.20 Å². The summed E-state index contributed by atoms with van der Waals surface area (Å²) in [7, 11) is 0. The molecule has 7 heteroatoms. The van der Waals surface area contributed by atoms with Gasteiger partial charge in [0.15, 0.2) is 6.10 Å². The highest BCUT2D eigenvalue weighted by molar-refractivity contribution is 5.76. The van der Waals surface area contributed by atoms with E-state index in [0.29, 0.717) is 17.0 Å². The summed E-state index contributed by atoms with van der Waals surface area (Å²) in [6.07, 6.45) is 1.02. The van der Waals surface area contributed by atoms with Crippen LogP contribution in [0.3, 0.4) is 0 Å². The van der Waals surface area contributed by atoms with E-state index in [1.54, 1.807) is 43.5 Å². The monoisotopic (exact) mass is 298 g/mol. The maximum atomic E-state index is 12.1. The molecule has 2 aromatic heterocycles. The van der Waals surface area contributed by atoms with E-state index in [1.807, 2.05) is 6.07 Å². The molecule has 0 spiro atoms. The molecular weight excluding hydrogens is 284 g/mol. The van der Waals surface area contributed by atoms with E-state index in [2.05, 4.69) is 15.1 Å². The Kier molecular flexibility index (Phi) is 3.80. The molecule has 0 bridgehead atoms. The van der Waals surface area contributed by atoms with Crippen molar-refractivity contribution in [2.24, 2.45) is 0 Å². The smallest absolute Gasteiger partial charge is 0.340 e. The van der Waals surface area contributed by atoms with Crippen molar-refractivity contribution in [2.75, 3.05) is 0 Å². The summed E-state index contributed by atoms with van der Waals surface area (Å²) in [5.41, 5.74) is 1.11. The van der Waals surface area contributed by atoms with Crippen LogP contribution < -0.4 is 0 Å². The van der Waals surface area contributed by atoms with E-state index in [0.717, 1.165) is 0 Å². The molecule has 22 heavy (non-hydrogen) atoms. The molecule has 0 saturated heterocycles. The van der Waals surface area contributed by atoms with Crippen molar-refractivity contribution in [1.82, 2.24) is 19.6 Å². The fourth-order valence-electron chi connectivity index (χ4n) is 2.13. The van der Waals surface area contributed by atoms with Crippen molar-refractivity contribution in [3.8, 4) is 0 Å². The second kappa shape index (κ2) is 5.90. The molecule has 0 aliphatic carbocycles. The number of carbonyl (C=O) groups excluding carboxylic acids is 1. The average Bonchev–Trinajstić information content (AvgIpc) is 3.03. The Morgan fingerprint density at radius 3 is 2.77 bits per heavy atom. The Labute approximate surface area is 126 Å². The number of ether oxygens (including phenoxy) is 1. The third kappa shape index (κ3) is 2.66. The molecule has 1 unspecified atom stereocenters. The molecule has 3 aromatic rings. The molecule has 2 heterocycles. The van der Waals surface area contributed by atoms with Crippen LogP contribution in [0.15, 0.2) is 48.9 Å². The van der Waals surface area contributed by atoms with Crippen molar-refractivity contribution >= 4 is 11.7 Å². The Hall–Kier alpha value is -2.80. The Bertz CT molecular complexity index is 788. The first-order valence-corrected chi connectivity index (χ1v) is 6.75. The maximum absolute atomic E-state index is 12.1. The van der Waals surface area contributed by atoms with Crippen LogP contribution in [-0.4, -0.2) is 30.7 Å². The van der Waals surface area contributed by atoms with E-state index in [-0.39, 0.29) is 0 Å². The Morgan fingerprint density at radius 1 is 1.23 bits per heavy atom. The number of aliphatic hydroxyl groups excluding tert-OH is 1. The van der Waals surface area contributed by atoms with E-state index < -0.39 is 18.2 Å². The SMILES string of the molecule is CC(OC(=O)[C@H](O)c1ccccc1)c1ccnc2ncnn12. The fraction of sp³-hybridized carbons (Fsp3) is 0.200. The van der Waals surface area contributed by atoms with Gasteiger partial charge in [0.05, 0.1) is 5.69 Å². The van der Waals surface area contributed by atoms with Gasteiger partial charge < -0.3 is 9.84 Å². The number of esters is 1. The minimum absolute atomic E-state index is 0.420. The molecule has 1 N–H and O–H groups in total. The van der Waals surface area contributed by atoms with Crippen molar-refractivity contribution in [1.29, 1.82) is 0 Å². The molecule has 0 radical (unpaired) electrons. The second-order valence-corrected chi connectivity index (χ2v) is 4.73. The van der Waals surface area contributed by atoms with Crippen LogP contribution in [-0.2, 0) is 9.53 Å². The molecular formula is C15H14N4O3. The average molecular weight is 298 g/mol. The molecule has 0 amide bonds. The lowest BCUT2D eigenvalue weighted by Crippen LogP contribution is -2.19. The predicted molar refractivity (Wildman–Crippen MR) is 76.7 cm³/mol. The van der Waals surface area contributed by atoms with E-state index in [4.69, 9.17) is 4.74 Å². The molecule has 112 valence electrons. The van der Waals surface area contributed by atoms with Crippen LogP contribution in [0.4, 0.5) is 0 Å². The number of fused-ring (bicyclic) bond motifs is 1. The van der Waals surface area contributed by atoms with Gasteiger partial charge >= 0.3 is 5.97 Å². The zero-order chi connectivity index (χ0) is 15.5. The van der Waals surface area contributed by atoms with Gasteiger partial charge in [-0.3, -0.25) is 0 Å². The molecule has 2 atom stereocenters. The number of rotatable bonds is 4. The Morgan fingerprint density at radius 2 is 2.00 bits per heavy atom. The van der Waals surface area contributed by atoms with Gasteiger partial charge in [-0.1, -0.05) is 30.3 Å². The van der Waals surface area contributed by atoms with Crippen LogP contribution in [0.2, 0.25) is 0 Å². The van der Waals surface area contributed by atoms with Gasteiger partial charge in [-0.15, -0.1) is 0 Å². The molecule has 0 aliphatic rings. The third-order valence-electron chi connectivity index (χ3n) is 3.26. The Balaban J connectivity index is 1.78. The third-order valence-corrected chi connectivity index (χ3v) is 3.26. The van der Waals surface area contributed by atoms with Gasteiger partial charge in [0.2, 0.25) is 0 Å². The number of carbonyl (C=O) groups is 1. The topological polar surface area (TPSA) is 89.6 Å². The van der Waals surface area contributed by atoms with Crippen molar-refractivity contribution in [3.63, 3.8) is 0 Å². The fourth-order valence-corrected chi connectivity index (χ4v) is 2.13. The summed E-state index contributed by atoms with van der Waals surface area (Å²) >= 11 is 0. The van der Waals surface area contributed by atoms with Crippen LogP contribution in [0, 0.1) is 0 Å². The standard InChI is InChI=1S/C15H14N4O3/c1-10(12-7-8-16-15-17-9-18-19(12)15)22-14(21)13(20)11-5-3-2-4-6-11/h2-10,13,20H,1H3/t10?,13-/m1/s1. The first kappa shape index (κ1) is 14.2. The summed E-state index contributed by atoms with van der Waals surface area (Å²) in [4.78, 5) is 20.1. The maximum Gasteiger partial charge on any atom is 0.340 e. The molecule has 3 rings (SSSR count). The van der Waals surface area contributed by atoms with E-state index in [1.165, 1.54) is 10.8 Å². The number of aliphatic hydroxyl groups is 1. The van der Waals surface area contributed by atoms with Gasteiger partial charge in [0.1, 0.15) is 12.4 Å². The lowest BCUT2D eigenvalue weighted by molar-refractivity contribution is -0.159. The second-order valence-electron chi connectivity index (χ2n) is 4.73. The van der Waals surface area contributed by atoms with Gasteiger partial charge in [-0.05, 0) is 18.6 Å². The zero-order valence-electron chi connectivity index (χ0n) is 11.8. The minimum atomic E-state index is -1.32. The summed E-state index contributed by atoms with van der Waals surface area (Å²) in [6.45, 7) is 1.70. The minimum Gasteiger partial charge on any atom is -0.454 e. The number of benzene rings is 1. The summed E-state index contributed by atoms with van der Waals surface area (Å²) < 4.78 is 6.82. The lowest BCUT2D eigenvalue weighted by atomic mass is 10.1. The van der Waals surface area contributed by atoms with Crippen LogP contribution in [0.25, 0.3) is 5.78 Å². The number of nitrogens with zero attached hydrogens (tertiary/aromatic N) is 4. The van der Waals surface area contributed by atoms with E-state index in [9.17, 15) is 9.90 Å². The van der Waals surface area contributed by atoms with Gasteiger partial charge in [-0.2, -0.15) is 14.6 Å². The van der Waals surface area contributed by atoms with Crippen LogP contribution in [0.1, 0.15) is 30.4 Å². The summed E-state index contributed by atoms with van der Waals surface area (Å²) in [5, 5.41) is 14.1. The zero-order valence-corrected chi connectivity index (χ0v) is 11.8. The first-order valence-electron chi connectivity index (χ1n) is 6.75. The van der Waals surface area contributed by atoms with Crippen LogP contribution in [0.5, 0.6) is 0 Å². The van der Waals surface area contributed by atoms with Crippen molar-refractivity contribution < 1.29 is 14.6 Å². The highest BCUT2D eigenvalue weighted by Crippen LogP contribution is 2.21. The van der Waals surface area contributed by atoms with E-state index >= 15 is 0 Å².